The molecule has 0 saturated carbocycles. The number of H-pyrrole nitrogens is 1. The summed E-state index contributed by atoms with van der Waals surface area (Å²) in [7, 11) is 0. The van der Waals surface area contributed by atoms with Crippen LogP contribution in [0.5, 0.6) is 0 Å². The Hall–Kier alpha value is -3.55. The molecule has 3 aromatic heterocycles. The lowest BCUT2D eigenvalue weighted by Crippen LogP contribution is -2.15. The van der Waals surface area contributed by atoms with E-state index in [9.17, 15) is 4.79 Å². The minimum Gasteiger partial charge on any atom is -0.324 e. The molecule has 0 aliphatic carbocycles. The quantitative estimate of drug-likeness (QED) is 0.601. The molecule has 2 N–H and O–H groups in total. The highest BCUT2D eigenvalue weighted by molar-refractivity contribution is 6.02. The first-order valence-corrected chi connectivity index (χ1v) is 6.89. The number of benzene rings is 1. The second kappa shape index (κ2) is 5.34. The average molecular weight is 305 g/mol. The van der Waals surface area contributed by atoms with Crippen LogP contribution >= 0.6 is 0 Å². The maximum atomic E-state index is 12.2. The van der Waals surface area contributed by atoms with Gasteiger partial charge in [-0.3, -0.25) is 10.1 Å². The Morgan fingerprint density at radius 1 is 1.09 bits per heavy atom. The van der Waals surface area contributed by atoms with Gasteiger partial charge in [0.25, 0.3) is 5.91 Å². The molecule has 8 nitrogen and oxygen atoms in total. The molecule has 3 heterocycles. The number of hydrogen-bond acceptors (Lipinski definition) is 5. The summed E-state index contributed by atoms with van der Waals surface area (Å²) in [5, 5.41) is 14.6. The normalized spacial score (nSPS) is 10.8. The predicted octanol–water partition coefficient (Wildman–Crippen LogP) is 1.79. The van der Waals surface area contributed by atoms with Crippen LogP contribution in [0.2, 0.25) is 0 Å². The summed E-state index contributed by atoms with van der Waals surface area (Å²) in [4.78, 5) is 19.5. The number of nitrogens with zero attached hydrogens (tertiary/aromatic N) is 5. The van der Waals surface area contributed by atoms with E-state index in [-0.39, 0.29) is 11.6 Å². The van der Waals surface area contributed by atoms with Gasteiger partial charge < -0.3 is 4.98 Å². The molecule has 0 aliphatic heterocycles. The lowest BCUT2D eigenvalue weighted by Gasteiger charge is -2.02. The Morgan fingerprint density at radius 2 is 2.00 bits per heavy atom. The van der Waals surface area contributed by atoms with Crippen molar-refractivity contribution >= 4 is 22.9 Å². The van der Waals surface area contributed by atoms with E-state index in [2.05, 4.69) is 30.6 Å². The molecule has 0 atom stereocenters. The molecule has 23 heavy (non-hydrogen) atoms. The fourth-order valence-corrected chi connectivity index (χ4v) is 2.16. The number of carbonyl (C=O) groups is 1. The second-order valence-electron chi connectivity index (χ2n) is 4.78. The molecule has 1 aromatic carbocycles. The number of rotatable bonds is 3. The van der Waals surface area contributed by atoms with Gasteiger partial charge in [-0.2, -0.15) is 5.10 Å². The van der Waals surface area contributed by atoms with Gasteiger partial charge in [-0.15, -0.1) is 10.2 Å². The Kier molecular flexibility index (Phi) is 3.05. The lowest BCUT2D eigenvalue weighted by molar-refractivity contribution is 0.102. The SMILES string of the molecule is O=C(Nc1nc2ccccc2[nH]1)c1ccc(-n2cccn2)nn1. The van der Waals surface area contributed by atoms with Gasteiger partial charge in [0, 0.05) is 12.4 Å². The summed E-state index contributed by atoms with van der Waals surface area (Å²) < 4.78 is 1.56. The van der Waals surface area contributed by atoms with Crippen LogP contribution < -0.4 is 5.32 Å². The van der Waals surface area contributed by atoms with Crippen molar-refractivity contribution in [3.8, 4) is 5.82 Å². The first-order valence-electron chi connectivity index (χ1n) is 6.89. The van der Waals surface area contributed by atoms with E-state index in [1.165, 1.54) is 0 Å². The van der Waals surface area contributed by atoms with Crippen LogP contribution in [0, 0.1) is 0 Å². The van der Waals surface area contributed by atoms with E-state index in [1.54, 1.807) is 35.3 Å². The Labute approximate surface area is 130 Å². The molecule has 0 saturated heterocycles. The first kappa shape index (κ1) is 13.1. The Balaban J connectivity index is 1.54. The van der Waals surface area contributed by atoms with Gasteiger partial charge in [0.1, 0.15) is 0 Å². The minimum atomic E-state index is -0.386. The maximum absolute atomic E-state index is 12.2. The number of amides is 1. The molecule has 112 valence electrons. The Bertz CT molecular complexity index is 924. The van der Waals surface area contributed by atoms with Crippen molar-refractivity contribution in [3.05, 3.63) is 60.6 Å². The number of para-hydroxylation sites is 2. The van der Waals surface area contributed by atoms with Gasteiger partial charge in [0.2, 0.25) is 5.95 Å². The molecule has 1 amide bonds. The molecule has 0 radical (unpaired) electrons. The van der Waals surface area contributed by atoms with Crippen molar-refractivity contribution in [1.82, 2.24) is 29.9 Å². The summed E-state index contributed by atoms with van der Waals surface area (Å²) in [6.45, 7) is 0. The fourth-order valence-electron chi connectivity index (χ4n) is 2.16. The number of fused-ring (bicyclic) bond motifs is 1. The van der Waals surface area contributed by atoms with Gasteiger partial charge >= 0.3 is 0 Å². The molecular weight excluding hydrogens is 294 g/mol. The molecule has 0 spiro atoms. The first-order chi connectivity index (χ1) is 11.3. The lowest BCUT2D eigenvalue weighted by atomic mass is 10.3. The highest BCUT2D eigenvalue weighted by Gasteiger charge is 2.11. The average Bonchev–Trinajstić information content (AvgIpc) is 3.24. The number of nitrogens with one attached hydrogen (secondary N) is 2. The van der Waals surface area contributed by atoms with Crippen LogP contribution in [0.1, 0.15) is 10.5 Å². The predicted molar refractivity (Wildman–Crippen MR) is 83.2 cm³/mol. The maximum Gasteiger partial charge on any atom is 0.278 e. The summed E-state index contributed by atoms with van der Waals surface area (Å²) in [5.41, 5.74) is 1.83. The topological polar surface area (TPSA) is 101 Å². The third kappa shape index (κ3) is 2.53. The number of aromatic nitrogens is 6. The zero-order valence-corrected chi connectivity index (χ0v) is 11.8. The van der Waals surface area contributed by atoms with Crippen LogP contribution in [0.25, 0.3) is 16.9 Å². The van der Waals surface area contributed by atoms with Crippen LogP contribution in [0.15, 0.2) is 54.9 Å². The molecule has 0 fully saturated rings. The molecule has 0 aliphatic rings. The highest BCUT2D eigenvalue weighted by Crippen LogP contribution is 2.13. The smallest absolute Gasteiger partial charge is 0.278 e. The Morgan fingerprint density at radius 3 is 2.74 bits per heavy atom. The zero-order valence-electron chi connectivity index (χ0n) is 11.8. The number of anilines is 1. The second-order valence-corrected chi connectivity index (χ2v) is 4.78. The van der Waals surface area contributed by atoms with E-state index >= 15 is 0 Å². The van der Waals surface area contributed by atoms with Gasteiger partial charge in [-0.25, -0.2) is 9.67 Å². The molecular formula is C15H11N7O. The number of carbonyl (C=O) groups excluding carboxylic acids is 1. The van der Waals surface area contributed by atoms with Crippen molar-refractivity contribution in [2.24, 2.45) is 0 Å². The summed E-state index contributed by atoms with van der Waals surface area (Å²) in [6.07, 6.45) is 3.39. The van der Waals surface area contributed by atoms with Gasteiger partial charge in [0.15, 0.2) is 11.5 Å². The largest absolute Gasteiger partial charge is 0.324 e. The third-order valence-corrected chi connectivity index (χ3v) is 3.24. The van der Waals surface area contributed by atoms with Gasteiger partial charge in [-0.05, 0) is 30.3 Å². The van der Waals surface area contributed by atoms with Crippen molar-refractivity contribution < 1.29 is 4.79 Å². The summed E-state index contributed by atoms with van der Waals surface area (Å²) in [5.74, 6) is 0.521. The summed E-state index contributed by atoms with van der Waals surface area (Å²) in [6, 6.07) is 12.6. The number of imidazole rings is 1. The number of hydrogen-bond donors (Lipinski definition) is 2. The molecule has 8 heteroatoms. The van der Waals surface area contributed by atoms with E-state index in [4.69, 9.17) is 0 Å². The third-order valence-electron chi connectivity index (χ3n) is 3.24. The molecule has 4 aromatic rings. The van der Waals surface area contributed by atoms with Crippen LogP contribution in [-0.2, 0) is 0 Å². The highest BCUT2D eigenvalue weighted by atomic mass is 16.2. The standard InChI is InChI=1S/C15H11N7O/c23-14(19-15-17-10-4-1-2-5-11(10)18-15)12-6-7-13(21-20-12)22-9-3-8-16-22/h1-9H,(H2,17,18,19,23). The monoisotopic (exact) mass is 305 g/mol. The molecule has 0 bridgehead atoms. The van der Waals surface area contributed by atoms with Crippen LogP contribution in [-0.4, -0.2) is 35.9 Å². The van der Waals surface area contributed by atoms with Gasteiger partial charge in [0.05, 0.1) is 11.0 Å². The molecule has 0 unspecified atom stereocenters. The van der Waals surface area contributed by atoms with E-state index in [1.807, 2.05) is 24.3 Å². The number of aromatic amines is 1. The van der Waals surface area contributed by atoms with E-state index in [0.717, 1.165) is 11.0 Å². The van der Waals surface area contributed by atoms with E-state index in [0.29, 0.717) is 11.8 Å². The van der Waals surface area contributed by atoms with Gasteiger partial charge in [-0.1, -0.05) is 12.1 Å². The van der Waals surface area contributed by atoms with Crippen molar-refractivity contribution in [3.63, 3.8) is 0 Å². The zero-order chi connectivity index (χ0) is 15.6. The van der Waals surface area contributed by atoms with Crippen LogP contribution in [0.3, 0.4) is 0 Å². The molecule has 4 rings (SSSR count). The summed E-state index contributed by atoms with van der Waals surface area (Å²) >= 11 is 0. The van der Waals surface area contributed by atoms with Crippen molar-refractivity contribution in [2.45, 2.75) is 0 Å². The minimum absolute atomic E-state index is 0.196. The van der Waals surface area contributed by atoms with Crippen molar-refractivity contribution in [1.29, 1.82) is 0 Å². The van der Waals surface area contributed by atoms with Crippen molar-refractivity contribution in [2.75, 3.05) is 5.32 Å². The fraction of sp³-hybridized carbons (Fsp3) is 0. The van der Waals surface area contributed by atoms with Crippen LogP contribution in [0.4, 0.5) is 5.95 Å². The van der Waals surface area contributed by atoms with E-state index < -0.39 is 0 Å².